The molecule has 0 saturated carbocycles. The number of hydrogen-bond acceptors (Lipinski definition) is 16. The fraction of sp³-hybridized carbons (Fsp3) is 0.519. The molecule has 7 N–H and O–H groups in total. The zero-order valence-corrected chi connectivity index (χ0v) is 45.3. The number of nitrogens with zero attached hydrogens (tertiary/aromatic N) is 3. The number of aldehydes is 1. The van der Waals surface area contributed by atoms with E-state index < -0.39 is 59.2 Å². The van der Waals surface area contributed by atoms with Crippen LogP contribution in [-0.4, -0.2) is 135 Å². The van der Waals surface area contributed by atoms with Crippen molar-refractivity contribution in [3.63, 3.8) is 0 Å². The number of hydrogen-bond donors (Lipinski definition) is 5. The van der Waals surface area contributed by atoms with E-state index in [2.05, 4.69) is 31.4 Å². The van der Waals surface area contributed by atoms with E-state index >= 15 is 0 Å². The van der Waals surface area contributed by atoms with Gasteiger partial charge in [-0.05, 0) is 81.0 Å². The maximum Gasteiger partial charge on any atom is 0.509 e. The summed E-state index contributed by atoms with van der Waals surface area (Å²) >= 11 is 0. The number of esters is 1. The number of pyridine rings is 1. The van der Waals surface area contributed by atoms with Crippen molar-refractivity contribution < 1.29 is 61.2 Å². The third kappa shape index (κ3) is 22.2. The van der Waals surface area contributed by atoms with E-state index in [9.17, 15) is 37.2 Å². The number of carbonyl (C=O) groups is 6. The van der Waals surface area contributed by atoms with Gasteiger partial charge in [-0.2, -0.15) is 4.31 Å². The van der Waals surface area contributed by atoms with E-state index in [0.29, 0.717) is 59.9 Å². The molecule has 1 aromatic heterocycles. The molecule has 5 rings (SSSR count). The second kappa shape index (κ2) is 34.2. The highest BCUT2D eigenvalue weighted by Gasteiger charge is 2.37. The number of nitrogens with two attached hydrogens (primary N) is 2. The van der Waals surface area contributed by atoms with Gasteiger partial charge in [0.25, 0.3) is 0 Å². The number of rotatable bonds is 21. The molecule has 2 aromatic carbocycles. The Kier molecular flexibility index (Phi) is 30.3. The molecule has 406 valence electrons. The van der Waals surface area contributed by atoms with Crippen LogP contribution in [-0.2, 0) is 72.5 Å². The fourth-order valence-electron chi connectivity index (χ4n) is 6.93. The van der Waals surface area contributed by atoms with Crippen molar-refractivity contribution in [2.45, 2.75) is 113 Å². The Morgan fingerprint density at radius 2 is 1.67 bits per heavy atom. The number of fused-ring (bicyclic) bond motifs is 2. The first-order valence-electron chi connectivity index (χ1n) is 24.6. The van der Waals surface area contributed by atoms with Crippen molar-refractivity contribution in [3.05, 3.63) is 88.1 Å². The number of ether oxygens (including phenoxy) is 4. The summed E-state index contributed by atoms with van der Waals surface area (Å²) in [6.07, 6.45) is 4.14. The predicted octanol–water partition coefficient (Wildman–Crippen LogP) is 5.39. The number of anilines is 1. The van der Waals surface area contributed by atoms with E-state index in [4.69, 9.17) is 40.5 Å². The first-order valence-corrected chi connectivity index (χ1v) is 26.4. The zero-order chi connectivity index (χ0) is 55.3. The first kappa shape index (κ1) is 64.8. The molecule has 0 saturated heterocycles. The molecule has 73 heavy (non-hydrogen) atoms. The first-order chi connectivity index (χ1) is 34.7. The van der Waals surface area contributed by atoms with Gasteiger partial charge in [0, 0.05) is 60.6 Å². The number of sulfonamides is 1. The second-order valence-corrected chi connectivity index (χ2v) is 18.7. The van der Waals surface area contributed by atoms with Gasteiger partial charge in [-0.25, -0.2) is 23.0 Å². The maximum atomic E-state index is 13.1. The molecular weight excluding hydrogens is 963 g/mol. The largest absolute Gasteiger partial charge is 0.509 e. The Morgan fingerprint density at radius 3 is 2.21 bits per heavy atom. The lowest BCUT2D eigenvalue weighted by Gasteiger charge is -2.25. The highest BCUT2D eigenvalue weighted by molar-refractivity contribution is 7.88. The molecule has 3 amide bonds. The molecule has 20 nitrogen and oxygen atoms in total. The third-order valence-electron chi connectivity index (χ3n) is 10.4. The number of nitrogens with one attached hydrogen (secondary N) is 2. The molecule has 3 aromatic rings. The van der Waals surface area contributed by atoms with Crippen LogP contribution >= 0.6 is 0 Å². The molecule has 2 aliphatic rings. The minimum Gasteiger partial charge on any atom is -0.458 e. The van der Waals surface area contributed by atoms with E-state index in [1.54, 1.807) is 18.2 Å². The number of primary amides is 1. The van der Waals surface area contributed by atoms with Crippen LogP contribution in [0.3, 0.4) is 0 Å². The molecule has 1 atom stereocenters. The van der Waals surface area contributed by atoms with E-state index in [-0.39, 0.29) is 43.5 Å². The summed E-state index contributed by atoms with van der Waals surface area (Å²) in [4.78, 5) is 79.7. The van der Waals surface area contributed by atoms with Gasteiger partial charge in [-0.3, -0.25) is 19.2 Å². The summed E-state index contributed by atoms with van der Waals surface area (Å²) in [6, 6.07) is 13.5. The summed E-state index contributed by atoms with van der Waals surface area (Å²) in [5.74, 6) is -2.15. The number of cyclic esters (lactones) is 1. The maximum absolute atomic E-state index is 13.1. The topological polar surface area (TPSA) is 289 Å². The van der Waals surface area contributed by atoms with Crippen LogP contribution in [0.25, 0.3) is 16.6 Å². The van der Waals surface area contributed by atoms with Gasteiger partial charge in [0.2, 0.25) is 33.8 Å². The average molecular weight is 1040 g/mol. The number of unbranched alkanes of at least 4 members (excludes halogenated alkanes) is 1. The number of amides is 3. The monoisotopic (exact) mass is 1040 g/mol. The van der Waals surface area contributed by atoms with E-state index in [0.717, 1.165) is 29.5 Å². The Labute approximate surface area is 431 Å². The standard InChI is InChI=1S/C39H44N6O12S.C5H12O.C4H11N.2C2H6/c1-23(2)45(58(4,52)53)14-13-27-28-7-5-6-8-31(28)43-36-30(27)17-44(3)32(36)15-29-25(18-46)20-55-38(50)37(29)57-39(51)56-19-24-9-11-26(12-10-24)42-34(48)16-41-35(49)22-54-21-33(40)47;1-5(2)3-4-6;1-2-3-4-5;2*1-2/h5-12,15,18,23,37H,13-14,16-17,19-22H2,1-4H3,(H2,40,47)(H,41,49)(H,42,48);5-6H,3-4H2,1-2H3;2-5H2,1H3;2*1-2H3/b32-15-;;;;. The summed E-state index contributed by atoms with van der Waals surface area (Å²) in [5.41, 5.74) is 14.7. The highest BCUT2D eigenvalue weighted by Crippen LogP contribution is 2.38. The van der Waals surface area contributed by atoms with Gasteiger partial charge in [-0.15, -0.1) is 0 Å². The van der Waals surface area contributed by atoms with Crippen molar-refractivity contribution in [1.29, 1.82) is 0 Å². The van der Waals surface area contributed by atoms with Gasteiger partial charge >= 0.3 is 12.1 Å². The number of aliphatic hydroxyl groups is 1. The van der Waals surface area contributed by atoms with Gasteiger partial charge in [0.05, 0.1) is 29.7 Å². The molecule has 2 aliphatic heterocycles. The number of aliphatic hydroxyl groups excluding tert-OH is 1. The van der Waals surface area contributed by atoms with Crippen molar-refractivity contribution in [3.8, 4) is 0 Å². The molecular formula is C52H79N7O13S. The highest BCUT2D eigenvalue weighted by atomic mass is 32.2. The molecule has 0 aliphatic carbocycles. The van der Waals surface area contributed by atoms with Crippen LogP contribution in [0.2, 0.25) is 0 Å². The van der Waals surface area contributed by atoms with Crippen LogP contribution in [0, 0.1) is 5.92 Å². The van der Waals surface area contributed by atoms with Crippen LogP contribution < -0.4 is 22.1 Å². The number of aromatic nitrogens is 1. The Balaban J connectivity index is 0.00000157. The minimum atomic E-state index is -3.48. The molecule has 0 bridgehead atoms. The fourth-order valence-corrected chi connectivity index (χ4v) is 8.12. The van der Waals surface area contributed by atoms with Crippen LogP contribution in [0.1, 0.15) is 104 Å². The lowest BCUT2D eigenvalue weighted by Crippen LogP contribution is -2.37. The number of para-hydroxylation sites is 1. The Morgan fingerprint density at radius 1 is 1.01 bits per heavy atom. The van der Waals surface area contributed by atoms with Crippen molar-refractivity contribution in [2.24, 2.45) is 17.4 Å². The quantitative estimate of drug-likeness (QED) is 0.0660. The van der Waals surface area contributed by atoms with Gasteiger partial charge in [0.15, 0.2) is 0 Å². The number of carbonyl (C=O) groups excluding carboxylic acids is 6. The molecule has 1 unspecified atom stereocenters. The van der Waals surface area contributed by atoms with E-state index in [1.165, 1.54) is 35.5 Å². The summed E-state index contributed by atoms with van der Waals surface area (Å²) < 4.78 is 47.3. The minimum absolute atomic E-state index is 0.0714. The average Bonchev–Trinajstić information content (AvgIpc) is 3.66. The normalized spacial score (nSPS) is 14.3. The van der Waals surface area contributed by atoms with Crippen LogP contribution in [0.5, 0.6) is 0 Å². The van der Waals surface area contributed by atoms with Gasteiger partial charge in [0.1, 0.15) is 32.7 Å². The predicted molar refractivity (Wildman–Crippen MR) is 282 cm³/mol. The van der Waals surface area contributed by atoms with Crippen molar-refractivity contribution in [2.75, 3.05) is 64.7 Å². The SMILES string of the molecule is CC.CC.CC(C)CCO.CC(C)N(CCc1c2c(nc3ccccc13)/C(=C/C1=C(C=O)COC(=O)C1OC(=O)OCc1ccc(NC(=O)CNC(=O)COCC(N)=O)cc1)N(C)C2)S(C)(=O)=O.CCCCN. The zero-order valence-electron chi connectivity index (χ0n) is 44.4. The second-order valence-electron chi connectivity index (χ2n) is 16.8. The summed E-state index contributed by atoms with van der Waals surface area (Å²) in [7, 11) is -1.67. The molecule has 3 heterocycles. The van der Waals surface area contributed by atoms with Gasteiger partial charge in [-0.1, -0.05) is 85.2 Å². The van der Waals surface area contributed by atoms with E-state index in [1.807, 2.05) is 77.8 Å². The molecule has 21 heteroatoms. The number of benzene rings is 2. The Hall–Kier alpha value is -6.26. The smallest absolute Gasteiger partial charge is 0.458 e. The summed E-state index contributed by atoms with van der Waals surface area (Å²) in [5, 5.41) is 14.0. The Bertz CT molecular complexity index is 2420. The lowest BCUT2D eigenvalue weighted by atomic mass is 9.96. The lowest BCUT2D eigenvalue weighted by molar-refractivity contribution is -0.153. The van der Waals surface area contributed by atoms with Gasteiger partial charge < -0.3 is 51.1 Å². The molecule has 0 fully saturated rings. The van der Waals surface area contributed by atoms with Crippen LogP contribution in [0.4, 0.5) is 10.5 Å². The summed E-state index contributed by atoms with van der Waals surface area (Å²) in [6.45, 7) is 17.9. The van der Waals surface area contributed by atoms with Crippen LogP contribution in [0.15, 0.2) is 65.8 Å². The van der Waals surface area contributed by atoms with Crippen molar-refractivity contribution >= 4 is 68.4 Å². The van der Waals surface area contributed by atoms with Crippen molar-refractivity contribution in [1.82, 2.24) is 19.5 Å². The molecule has 0 radical (unpaired) electrons. The molecule has 0 spiro atoms. The third-order valence-corrected chi connectivity index (χ3v) is 11.9.